The van der Waals surface area contributed by atoms with E-state index in [4.69, 9.17) is 17.3 Å². The van der Waals surface area contributed by atoms with E-state index in [1.54, 1.807) is 6.07 Å². The zero-order valence-electron chi connectivity index (χ0n) is 9.77. The Kier molecular flexibility index (Phi) is 4.17. The Morgan fingerprint density at radius 1 is 1.35 bits per heavy atom. The summed E-state index contributed by atoms with van der Waals surface area (Å²) in [4.78, 5) is 3.58. The third kappa shape index (κ3) is 3.20. The molecule has 2 rings (SSSR count). The lowest BCUT2D eigenvalue weighted by atomic mass is 10.3. The van der Waals surface area contributed by atoms with Gasteiger partial charge in [-0.3, -0.25) is 4.72 Å². The van der Waals surface area contributed by atoms with Crippen molar-refractivity contribution in [2.45, 2.75) is 4.90 Å². The molecule has 0 aliphatic rings. The molecule has 0 aliphatic carbocycles. The summed E-state index contributed by atoms with van der Waals surface area (Å²) in [6.45, 7) is 0. The molecule has 9 heteroatoms. The van der Waals surface area contributed by atoms with E-state index in [0.29, 0.717) is 4.60 Å². The van der Waals surface area contributed by atoms with Crippen molar-refractivity contribution in [2.75, 3.05) is 10.5 Å². The SMILES string of the molecule is Nc1cc(S(=O)(=O)Nc2ccc(Br)nc2)c(Cl)cc1F. The van der Waals surface area contributed by atoms with Crippen LogP contribution in [0.15, 0.2) is 40.0 Å². The molecule has 20 heavy (non-hydrogen) atoms. The van der Waals surface area contributed by atoms with Crippen LogP contribution in [-0.2, 0) is 10.0 Å². The average molecular weight is 381 g/mol. The molecule has 0 radical (unpaired) electrons. The lowest BCUT2D eigenvalue weighted by molar-refractivity contribution is 0.600. The van der Waals surface area contributed by atoms with Gasteiger partial charge in [0.05, 0.1) is 22.6 Å². The lowest BCUT2D eigenvalue weighted by Gasteiger charge is -2.10. The van der Waals surface area contributed by atoms with Crippen LogP contribution in [0.1, 0.15) is 0 Å². The highest BCUT2D eigenvalue weighted by atomic mass is 79.9. The topological polar surface area (TPSA) is 85.1 Å². The highest BCUT2D eigenvalue weighted by molar-refractivity contribution is 9.10. The van der Waals surface area contributed by atoms with Gasteiger partial charge in [0.1, 0.15) is 15.3 Å². The van der Waals surface area contributed by atoms with Gasteiger partial charge in [-0.05, 0) is 40.2 Å². The van der Waals surface area contributed by atoms with Crippen LogP contribution in [0, 0.1) is 5.82 Å². The van der Waals surface area contributed by atoms with Gasteiger partial charge >= 0.3 is 0 Å². The van der Waals surface area contributed by atoms with E-state index in [-0.39, 0.29) is 21.3 Å². The molecule has 3 N–H and O–H groups in total. The second-order valence-corrected chi connectivity index (χ2v) is 6.65. The highest BCUT2D eigenvalue weighted by Gasteiger charge is 2.20. The molecule has 0 spiro atoms. The minimum Gasteiger partial charge on any atom is -0.396 e. The van der Waals surface area contributed by atoms with Crippen LogP contribution in [0.25, 0.3) is 0 Å². The molecule has 0 fully saturated rings. The molecule has 0 aliphatic heterocycles. The summed E-state index contributed by atoms with van der Waals surface area (Å²) in [5.74, 6) is -0.778. The molecule has 0 amide bonds. The number of hydrogen-bond acceptors (Lipinski definition) is 4. The van der Waals surface area contributed by atoms with Crippen molar-refractivity contribution in [3.63, 3.8) is 0 Å². The number of halogens is 3. The number of rotatable bonds is 3. The third-order valence-electron chi connectivity index (χ3n) is 2.32. The van der Waals surface area contributed by atoms with Crippen molar-refractivity contribution in [1.82, 2.24) is 4.98 Å². The number of pyridine rings is 1. The second kappa shape index (κ2) is 5.55. The van der Waals surface area contributed by atoms with E-state index in [9.17, 15) is 12.8 Å². The van der Waals surface area contributed by atoms with Crippen LogP contribution in [0.2, 0.25) is 5.02 Å². The van der Waals surface area contributed by atoms with Crippen molar-refractivity contribution >= 4 is 48.9 Å². The quantitative estimate of drug-likeness (QED) is 0.633. The molecule has 1 aromatic carbocycles. The standard InChI is InChI=1S/C11H8BrClFN3O2S/c12-11-2-1-6(5-16-11)17-20(18,19)10-4-9(15)8(14)3-7(10)13/h1-5,17H,15H2. The Bertz CT molecular complexity index is 753. The van der Waals surface area contributed by atoms with Crippen LogP contribution in [0.3, 0.4) is 0 Å². The lowest BCUT2D eigenvalue weighted by Crippen LogP contribution is -2.14. The molecule has 106 valence electrons. The van der Waals surface area contributed by atoms with E-state index >= 15 is 0 Å². The average Bonchev–Trinajstić information content (AvgIpc) is 2.36. The van der Waals surface area contributed by atoms with Crippen molar-refractivity contribution in [3.05, 3.63) is 45.9 Å². The molecule has 5 nitrogen and oxygen atoms in total. The summed E-state index contributed by atoms with van der Waals surface area (Å²) in [7, 11) is -3.98. The van der Waals surface area contributed by atoms with Crippen LogP contribution < -0.4 is 10.5 Å². The molecular weight excluding hydrogens is 373 g/mol. The predicted molar refractivity (Wildman–Crippen MR) is 78.6 cm³/mol. The zero-order chi connectivity index (χ0) is 14.9. The molecule has 1 aromatic heterocycles. The summed E-state index contributed by atoms with van der Waals surface area (Å²) in [5, 5.41) is -0.255. The minimum atomic E-state index is -3.98. The normalized spacial score (nSPS) is 11.3. The first-order valence-corrected chi connectivity index (χ1v) is 7.84. The van der Waals surface area contributed by atoms with Gasteiger partial charge in [-0.1, -0.05) is 11.6 Å². The second-order valence-electron chi connectivity index (χ2n) is 3.78. The number of hydrogen-bond donors (Lipinski definition) is 2. The third-order valence-corrected chi connectivity index (χ3v) is 4.64. The number of benzene rings is 1. The maximum absolute atomic E-state index is 13.2. The first kappa shape index (κ1) is 15.0. The van der Waals surface area contributed by atoms with Gasteiger partial charge in [0.25, 0.3) is 10.0 Å². The van der Waals surface area contributed by atoms with Crippen molar-refractivity contribution < 1.29 is 12.8 Å². The first-order valence-electron chi connectivity index (χ1n) is 5.18. The Morgan fingerprint density at radius 3 is 2.65 bits per heavy atom. The Morgan fingerprint density at radius 2 is 2.05 bits per heavy atom. The van der Waals surface area contributed by atoms with Crippen molar-refractivity contribution in [3.8, 4) is 0 Å². The van der Waals surface area contributed by atoms with Gasteiger partial charge in [0.2, 0.25) is 0 Å². The van der Waals surface area contributed by atoms with Gasteiger partial charge in [-0.15, -0.1) is 0 Å². The number of sulfonamides is 1. The highest BCUT2D eigenvalue weighted by Crippen LogP contribution is 2.27. The van der Waals surface area contributed by atoms with Gasteiger partial charge in [0.15, 0.2) is 0 Å². The van der Waals surface area contributed by atoms with E-state index in [2.05, 4.69) is 25.6 Å². The van der Waals surface area contributed by atoms with Gasteiger partial charge in [0, 0.05) is 0 Å². The smallest absolute Gasteiger partial charge is 0.263 e. The number of nitrogens with zero attached hydrogens (tertiary/aromatic N) is 1. The summed E-state index contributed by atoms with van der Waals surface area (Å²) in [5.41, 5.74) is 5.30. The van der Waals surface area contributed by atoms with Gasteiger partial charge in [-0.25, -0.2) is 17.8 Å². The number of nitrogens with two attached hydrogens (primary N) is 1. The number of nitrogens with one attached hydrogen (secondary N) is 1. The molecular formula is C11H8BrClFN3O2S. The molecule has 0 atom stereocenters. The molecule has 1 heterocycles. The van der Waals surface area contributed by atoms with Gasteiger partial charge in [-0.2, -0.15) is 0 Å². The fraction of sp³-hybridized carbons (Fsp3) is 0. The largest absolute Gasteiger partial charge is 0.396 e. The summed E-state index contributed by atoms with van der Waals surface area (Å²) in [6.07, 6.45) is 1.32. The van der Waals surface area contributed by atoms with E-state index in [1.165, 1.54) is 12.3 Å². The molecule has 0 saturated heterocycles. The van der Waals surface area contributed by atoms with Crippen LogP contribution >= 0.6 is 27.5 Å². The molecule has 0 saturated carbocycles. The monoisotopic (exact) mass is 379 g/mol. The predicted octanol–water partition coefficient (Wildman–Crippen LogP) is 3.02. The first-order chi connectivity index (χ1) is 9.29. The van der Waals surface area contributed by atoms with Gasteiger partial charge < -0.3 is 5.73 Å². The number of aromatic nitrogens is 1. The number of anilines is 2. The molecule has 0 unspecified atom stereocenters. The van der Waals surface area contributed by atoms with Crippen LogP contribution in [0.5, 0.6) is 0 Å². The Hall–Kier alpha value is -1.38. The summed E-state index contributed by atoms with van der Waals surface area (Å²) >= 11 is 8.87. The fourth-order valence-corrected chi connectivity index (χ4v) is 3.23. The molecule has 0 bridgehead atoms. The fourth-order valence-electron chi connectivity index (χ4n) is 1.40. The summed E-state index contributed by atoms with van der Waals surface area (Å²) < 4.78 is 40.3. The maximum Gasteiger partial charge on any atom is 0.263 e. The van der Waals surface area contributed by atoms with Crippen molar-refractivity contribution in [1.29, 1.82) is 0 Å². The summed E-state index contributed by atoms with van der Waals surface area (Å²) in [6, 6.07) is 4.89. The van der Waals surface area contributed by atoms with Crippen LogP contribution in [-0.4, -0.2) is 13.4 Å². The van der Waals surface area contributed by atoms with E-state index < -0.39 is 15.8 Å². The Balaban J connectivity index is 2.40. The zero-order valence-corrected chi connectivity index (χ0v) is 12.9. The minimum absolute atomic E-state index is 0.243. The maximum atomic E-state index is 13.2. The van der Waals surface area contributed by atoms with Crippen LogP contribution in [0.4, 0.5) is 15.8 Å². The van der Waals surface area contributed by atoms with E-state index in [1.807, 2.05) is 0 Å². The van der Waals surface area contributed by atoms with Crippen molar-refractivity contribution in [2.24, 2.45) is 0 Å². The molecule has 2 aromatic rings. The Labute approximate surface area is 128 Å². The number of nitrogen functional groups attached to an aromatic ring is 1. The van der Waals surface area contributed by atoms with E-state index in [0.717, 1.165) is 12.1 Å².